The van der Waals surface area contributed by atoms with Crippen LogP contribution in [-0.2, 0) is 11.8 Å². The molecule has 1 saturated carbocycles. The number of alkyl halides is 3. The fourth-order valence-corrected chi connectivity index (χ4v) is 4.58. The van der Waals surface area contributed by atoms with Gasteiger partial charge in [-0.05, 0) is 62.3 Å². The van der Waals surface area contributed by atoms with Crippen molar-refractivity contribution in [1.29, 1.82) is 0 Å². The standard InChI is InChI=1S/C22H25ClF3NO/c1-27(2)20(15-6-12-18(23)13-7-15)19-5-3-4-14-21(19,28)16-8-10-17(11-9-16)22(24,25)26/h6-13,19-20,28H,3-5,14H2,1-2H3. The lowest BCUT2D eigenvalue weighted by molar-refractivity contribution is -0.137. The van der Waals surface area contributed by atoms with Gasteiger partial charge in [0.25, 0.3) is 0 Å². The molecule has 0 spiro atoms. The van der Waals surface area contributed by atoms with Gasteiger partial charge in [0.1, 0.15) is 0 Å². The van der Waals surface area contributed by atoms with Crippen molar-refractivity contribution in [2.75, 3.05) is 14.1 Å². The summed E-state index contributed by atoms with van der Waals surface area (Å²) in [5.41, 5.74) is -0.302. The van der Waals surface area contributed by atoms with E-state index in [0.717, 1.165) is 37.0 Å². The van der Waals surface area contributed by atoms with Crippen LogP contribution >= 0.6 is 11.6 Å². The second-order valence-electron chi connectivity index (χ2n) is 7.81. The summed E-state index contributed by atoms with van der Waals surface area (Å²) in [5, 5.41) is 12.3. The Labute approximate surface area is 168 Å². The first-order chi connectivity index (χ1) is 13.1. The van der Waals surface area contributed by atoms with Crippen LogP contribution < -0.4 is 0 Å². The summed E-state index contributed by atoms with van der Waals surface area (Å²) >= 11 is 6.03. The molecule has 1 aliphatic rings. The fraction of sp³-hybridized carbons (Fsp3) is 0.455. The van der Waals surface area contributed by atoms with E-state index in [2.05, 4.69) is 4.90 Å². The average Bonchev–Trinajstić information content (AvgIpc) is 2.64. The van der Waals surface area contributed by atoms with Gasteiger partial charge >= 0.3 is 6.18 Å². The van der Waals surface area contributed by atoms with Crippen LogP contribution in [0.2, 0.25) is 5.02 Å². The van der Waals surface area contributed by atoms with E-state index in [1.165, 1.54) is 12.1 Å². The molecule has 28 heavy (non-hydrogen) atoms. The minimum atomic E-state index is -4.39. The molecule has 0 aliphatic heterocycles. The zero-order chi connectivity index (χ0) is 20.5. The first kappa shape index (κ1) is 21.2. The normalized spacial score (nSPS) is 24.4. The highest BCUT2D eigenvalue weighted by molar-refractivity contribution is 6.30. The van der Waals surface area contributed by atoms with Gasteiger partial charge in [-0.2, -0.15) is 13.2 Å². The maximum absolute atomic E-state index is 12.9. The minimum absolute atomic E-state index is 0.0788. The molecule has 1 fully saturated rings. The van der Waals surface area contributed by atoms with E-state index in [1.807, 2.05) is 38.4 Å². The van der Waals surface area contributed by atoms with E-state index in [-0.39, 0.29) is 12.0 Å². The number of hydrogen-bond donors (Lipinski definition) is 1. The lowest BCUT2D eigenvalue weighted by Crippen LogP contribution is -2.45. The molecule has 3 rings (SSSR count). The second kappa shape index (κ2) is 8.05. The molecule has 0 bridgehead atoms. The minimum Gasteiger partial charge on any atom is -0.385 e. The molecule has 2 nitrogen and oxygen atoms in total. The lowest BCUT2D eigenvalue weighted by atomic mass is 9.67. The van der Waals surface area contributed by atoms with Crippen LogP contribution in [0.5, 0.6) is 0 Å². The maximum Gasteiger partial charge on any atom is 0.416 e. The third-order valence-corrected chi connectivity index (χ3v) is 6.05. The predicted octanol–water partition coefficient (Wildman–Crippen LogP) is 6.04. The number of benzene rings is 2. The van der Waals surface area contributed by atoms with Gasteiger partial charge in [-0.15, -0.1) is 0 Å². The highest BCUT2D eigenvalue weighted by atomic mass is 35.5. The third-order valence-electron chi connectivity index (χ3n) is 5.80. The maximum atomic E-state index is 12.9. The summed E-state index contributed by atoms with van der Waals surface area (Å²) in [4.78, 5) is 2.06. The van der Waals surface area contributed by atoms with Gasteiger partial charge in [0.15, 0.2) is 0 Å². The Bertz CT molecular complexity index is 789. The molecule has 2 aromatic rings. The highest BCUT2D eigenvalue weighted by Crippen LogP contribution is 2.49. The number of halogens is 4. The van der Waals surface area contributed by atoms with Crippen LogP contribution in [0.15, 0.2) is 48.5 Å². The van der Waals surface area contributed by atoms with Gasteiger partial charge in [0.05, 0.1) is 11.2 Å². The van der Waals surface area contributed by atoms with Crippen LogP contribution in [0, 0.1) is 5.92 Å². The molecule has 152 valence electrons. The molecule has 1 aliphatic carbocycles. The zero-order valence-electron chi connectivity index (χ0n) is 16.0. The Hall–Kier alpha value is -1.56. The van der Waals surface area contributed by atoms with Crippen molar-refractivity contribution in [3.05, 3.63) is 70.2 Å². The molecule has 2 aromatic carbocycles. The summed E-state index contributed by atoms with van der Waals surface area (Å²) in [5.74, 6) is -0.144. The Kier molecular flexibility index (Phi) is 6.08. The third kappa shape index (κ3) is 4.22. The van der Waals surface area contributed by atoms with Crippen molar-refractivity contribution in [1.82, 2.24) is 4.90 Å². The molecule has 0 aromatic heterocycles. The first-order valence-electron chi connectivity index (χ1n) is 9.45. The summed E-state index contributed by atoms with van der Waals surface area (Å²) in [6, 6.07) is 12.5. The van der Waals surface area contributed by atoms with Crippen LogP contribution in [0.3, 0.4) is 0 Å². The van der Waals surface area contributed by atoms with Gasteiger partial charge in [-0.1, -0.05) is 48.7 Å². The molecular weight excluding hydrogens is 387 g/mol. The average molecular weight is 412 g/mol. The van der Waals surface area contributed by atoms with Crippen molar-refractivity contribution in [2.45, 2.75) is 43.5 Å². The number of hydrogen-bond acceptors (Lipinski definition) is 2. The largest absolute Gasteiger partial charge is 0.416 e. The van der Waals surface area contributed by atoms with Gasteiger partial charge in [-0.3, -0.25) is 0 Å². The number of nitrogens with zero attached hydrogens (tertiary/aromatic N) is 1. The van der Waals surface area contributed by atoms with E-state index < -0.39 is 17.3 Å². The molecule has 6 heteroatoms. The molecule has 3 unspecified atom stereocenters. The fourth-order valence-electron chi connectivity index (χ4n) is 4.46. The van der Waals surface area contributed by atoms with Gasteiger partial charge in [-0.25, -0.2) is 0 Å². The van der Waals surface area contributed by atoms with Gasteiger partial charge in [0, 0.05) is 17.0 Å². The summed E-state index contributed by atoms with van der Waals surface area (Å²) < 4.78 is 38.8. The molecule has 0 amide bonds. The Morgan fingerprint density at radius 3 is 2.18 bits per heavy atom. The topological polar surface area (TPSA) is 23.5 Å². The lowest BCUT2D eigenvalue weighted by Gasteiger charge is -2.46. The van der Waals surface area contributed by atoms with Crippen molar-refractivity contribution >= 4 is 11.6 Å². The molecule has 0 saturated heterocycles. The van der Waals surface area contributed by atoms with E-state index >= 15 is 0 Å². The smallest absolute Gasteiger partial charge is 0.385 e. The van der Waals surface area contributed by atoms with Gasteiger partial charge in [0.2, 0.25) is 0 Å². The quantitative estimate of drug-likeness (QED) is 0.663. The molecule has 1 N–H and O–H groups in total. The molecule has 0 heterocycles. The second-order valence-corrected chi connectivity index (χ2v) is 8.25. The first-order valence-corrected chi connectivity index (χ1v) is 9.83. The van der Waals surface area contributed by atoms with E-state index in [4.69, 9.17) is 11.6 Å². The van der Waals surface area contributed by atoms with Crippen molar-refractivity contribution in [2.24, 2.45) is 5.92 Å². The highest BCUT2D eigenvalue weighted by Gasteiger charge is 2.45. The number of aliphatic hydroxyl groups is 1. The Balaban J connectivity index is 2.00. The van der Waals surface area contributed by atoms with E-state index in [1.54, 1.807) is 0 Å². The zero-order valence-corrected chi connectivity index (χ0v) is 16.8. The monoisotopic (exact) mass is 411 g/mol. The van der Waals surface area contributed by atoms with Crippen molar-refractivity contribution < 1.29 is 18.3 Å². The van der Waals surface area contributed by atoms with E-state index in [0.29, 0.717) is 17.0 Å². The Morgan fingerprint density at radius 1 is 1.04 bits per heavy atom. The SMILES string of the molecule is CN(C)C(c1ccc(Cl)cc1)C1CCCCC1(O)c1ccc(C(F)(F)F)cc1. The van der Waals surface area contributed by atoms with Crippen LogP contribution in [-0.4, -0.2) is 24.1 Å². The molecular formula is C22H25ClF3NO. The van der Waals surface area contributed by atoms with Crippen LogP contribution in [0.25, 0.3) is 0 Å². The molecule has 3 atom stereocenters. The summed E-state index contributed by atoms with van der Waals surface area (Å²) in [7, 11) is 3.92. The van der Waals surface area contributed by atoms with Crippen molar-refractivity contribution in [3.8, 4) is 0 Å². The van der Waals surface area contributed by atoms with Crippen LogP contribution in [0.4, 0.5) is 13.2 Å². The van der Waals surface area contributed by atoms with Crippen LogP contribution in [0.1, 0.15) is 48.4 Å². The Morgan fingerprint density at radius 2 is 1.64 bits per heavy atom. The summed E-state index contributed by atoms with van der Waals surface area (Å²) in [6.07, 6.45) is -1.24. The van der Waals surface area contributed by atoms with Gasteiger partial charge < -0.3 is 10.0 Å². The molecule has 0 radical (unpaired) electrons. The van der Waals surface area contributed by atoms with E-state index in [9.17, 15) is 18.3 Å². The number of rotatable bonds is 4. The van der Waals surface area contributed by atoms with Crippen molar-refractivity contribution in [3.63, 3.8) is 0 Å². The predicted molar refractivity (Wildman–Crippen MR) is 105 cm³/mol. The summed E-state index contributed by atoms with van der Waals surface area (Å²) in [6.45, 7) is 0.